The second-order valence-electron chi connectivity index (χ2n) is 2.42. The molecular formula is C10H15FO. The number of hydrogen-bond donors (Lipinski definition) is 0. The summed E-state index contributed by atoms with van der Waals surface area (Å²) in [7, 11) is 0. The third kappa shape index (κ3) is 3.96. The summed E-state index contributed by atoms with van der Waals surface area (Å²) in [6, 6.07) is 0. The van der Waals surface area contributed by atoms with Gasteiger partial charge in [0, 0.05) is 0 Å². The van der Waals surface area contributed by atoms with Crippen molar-refractivity contribution in [1.29, 1.82) is 0 Å². The molecule has 0 fully saturated rings. The van der Waals surface area contributed by atoms with Crippen LogP contribution in [0.1, 0.15) is 20.8 Å². The normalized spacial score (nSPS) is 13.0. The van der Waals surface area contributed by atoms with Gasteiger partial charge in [0.1, 0.15) is 0 Å². The highest BCUT2D eigenvalue weighted by Crippen LogP contribution is 2.14. The number of allylic oxidation sites excluding steroid dienone is 4. The van der Waals surface area contributed by atoms with E-state index in [0.29, 0.717) is 12.2 Å². The zero-order chi connectivity index (χ0) is 9.56. The third-order valence-electron chi connectivity index (χ3n) is 1.17. The minimum absolute atomic E-state index is 0.278. The van der Waals surface area contributed by atoms with Crippen LogP contribution in [0.3, 0.4) is 0 Å². The molecule has 0 saturated carbocycles. The average molecular weight is 170 g/mol. The van der Waals surface area contributed by atoms with Crippen LogP contribution in [0.2, 0.25) is 0 Å². The van der Waals surface area contributed by atoms with E-state index in [1.807, 2.05) is 6.92 Å². The minimum Gasteiger partial charge on any atom is -0.491 e. The van der Waals surface area contributed by atoms with Crippen LogP contribution in [0, 0.1) is 0 Å². The number of ether oxygens (including phenoxy) is 1. The Bertz CT molecular complexity index is 214. The van der Waals surface area contributed by atoms with E-state index in [1.54, 1.807) is 19.9 Å². The first kappa shape index (κ1) is 11.0. The van der Waals surface area contributed by atoms with Crippen LogP contribution < -0.4 is 0 Å². The molecule has 0 heterocycles. The molecule has 0 rings (SSSR count). The fraction of sp³-hybridized carbons (Fsp3) is 0.400. The molecule has 68 valence electrons. The van der Waals surface area contributed by atoms with Crippen LogP contribution in [0.5, 0.6) is 0 Å². The van der Waals surface area contributed by atoms with Gasteiger partial charge in [-0.15, -0.1) is 0 Å². The van der Waals surface area contributed by atoms with Crippen molar-refractivity contribution in [3.63, 3.8) is 0 Å². The van der Waals surface area contributed by atoms with Crippen LogP contribution in [0.15, 0.2) is 35.9 Å². The quantitative estimate of drug-likeness (QED) is 0.464. The molecule has 2 heteroatoms. The molecule has 0 aromatic heterocycles. The molecule has 0 atom stereocenters. The lowest BCUT2D eigenvalue weighted by atomic mass is 10.3. The first-order valence-corrected chi connectivity index (χ1v) is 3.94. The predicted octanol–water partition coefficient (Wildman–Crippen LogP) is 3.36. The highest BCUT2D eigenvalue weighted by molar-refractivity contribution is 5.26. The van der Waals surface area contributed by atoms with Gasteiger partial charge in [-0.1, -0.05) is 12.2 Å². The molecule has 0 aliphatic carbocycles. The van der Waals surface area contributed by atoms with Gasteiger partial charge >= 0.3 is 0 Å². The van der Waals surface area contributed by atoms with Gasteiger partial charge in [-0.2, -0.15) is 0 Å². The SMILES string of the molecule is C=C(C)/C=C(F)\C(=C/C)OCC. The molecule has 0 aliphatic rings. The molecule has 0 saturated heterocycles. The second kappa shape index (κ2) is 5.58. The first-order valence-electron chi connectivity index (χ1n) is 3.94. The van der Waals surface area contributed by atoms with Crippen molar-refractivity contribution in [2.45, 2.75) is 20.8 Å². The van der Waals surface area contributed by atoms with E-state index >= 15 is 0 Å². The molecule has 1 nitrogen and oxygen atoms in total. The fourth-order valence-corrected chi connectivity index (χ4v) is 0.733. The lowest BCUT2D eigenvalue weighted by molar-refractivity contribution is 0.224. The Morgan fingerprint density at radius 1 is 1.58 bits per heavy atom. The van der Waals surface area contributed by atoms with Crippen molar-refractivity contribution < 1.29 is 9.13 Å². The van der Waals surface area contributed by atoms with Gasteiger partial charge in [-0.05, 0) is 32.9 Å². The van der Waals surface area contributed by atoms with Crippen molar-refractivity contribution in [2.24, 2.45) is 0 Å². The zero-order valence-corrected chi connectivity index (χ0v) is 7.86. The number of rotatable bonds is 4. The van der Waals surface area contributed by atoms with E-state index in [0.717, 1.165) is 0 Å². The smallest absolute Gasteiger partial charge is 0.164 e. The fourth-order valence-electron chi connectivity index (χ4n) is 0.733. The molecule has 0 N–H and O–H groups in total. The summed E-state index contributed by atoms with van der Waals surface area (Å²) in [5.41, 5.74) is 0.673. The Morgan fingerprint density at radius 3 is 2.50 bits per heavy atom. The Morgan fingerprint density at radius 2 is 2.17 bits per heavy atom. The molecular weight excluding hydrogens is 155 g/mol. The summed E-state index contributed by atoms with van der Waals surface area (Å²) < 4.78 is 18.1. The molecule has 0 aliphatic heterocycles. The van der Waals surface area contributed by atoms with Gasteiger partial charge in [0.15, 0.2) is 11.6 Å². The van der Waals surface area contributed by atoms with Gasteiger partial charge in [-0.3, -0.25) is 0 Å². The third-order valence-corrected chi connectivity index (χ3v) is 1.17. The predicted molar refractivity (Wildman–Crippen MR) is 49.4 cm³/mol. The van der Waals surface area contributed by atoms with Crippen molar-refractivity contribution in [2.75, 3.05) is 6.61 Å². The van der Waals surface area contributed by atoms with E-state index < -0.39 is 0 Å². The summed E-state index contributed by atoms with van der Waals surface area (Å²) in [6.07, 6.45) is 2.95. The van der Waals surface area contributed by atoms with Crippen LogP contribution in [0.4, 0.5) is 4.39 Å². The maximum atomic E-state index is 13.1. The molecule has 0 amide bonds. The Hall–Kier alpha value is -1.05. The van der Waals surface area contributed by atoms with Gasteiger partial charge < -0.3 is 4.74 Å². The standard InChI is InChI=1S/C10H15FO/c1-5-10(12-6-2)9(11)7-8(3)4/h5,7H,3,6H2,1-2,4H3/b9-7+,10-5+. The highest BCUT2D eigenvalue weighted by atomic mass is 19.1. The van der Waals surface area contributed by atoms with E-state index in [9.17, 15) is 4.39 Å². The van der Waals surface area contributed by atoms with Gasteiger partial charge in [0.05, 0.1) is 6.61 Å². The summed E-state index contributed by atoms with van der Waals surface area (Å²) >= 11 is 0. The minimum atomic E-state index is -0.369. The van der Waals surface area contributed by atoms with Crippen molar-refractivity contribution >= 4 is 0 Å². The van der Waals surface area contributed by atoms with Crippen LogP contribution in [-0.2, 0) is 4.74 Å². The van der Waals surface area contributed by atoms with Gasteiger partial charge in [0.25, 0.3) is 0 Å². The lowest BCUT2D eigenvalue weighted by Crippen LogP contribution is -1.92. The second-order valence-corrected chi connectivity index (χ2v) is 2.42. The first-order chi connectivity index (χ1) is 5.61. The van der Waals surface area contributed by atoms with Crippen molar-refractivity contribution in [3.05, 3.63) is 35.9 Å². The molecule has 0 bridgehead atoms. The maximum absolute atomic E-state index is 13.1. The molecule has 0 aromatic carbocycles. The average Bonchev–Trinajstić information content (AvgIpc) is 1.98. The molecule has 12 heavy (non-hydrogen) atoms. The monoisotopic (exact) mass is 170 g/mol. The topological polar surface area (TPSA) is 9.23 Å². The van der Waals surface area contributed by atoms with E-state index in [-0.39, 0.29) is 11.6 Å². The summed E-state index contributed by atoms with van der Waals surface area (Å²) in [6.45, 7) is 9.33. The Labute approximate surface area is 73.2 Å². The zero-order valence-electron chi connectivity index (χ0n) is 7.86. The Balaban J connectivity index is 4.42. The molecule has 0 spiro atoms. The summed E-state index contributed by atoms with van der Waals surface area (Å²) in [5.74, 6) is -0.0904. The number of halogens is 1. The van der Waals surface area contributed by atoms with Crippen LogP contribution >= 0.6 is 0 Å². The highest BCUT2D eigenvalue weighted by Gasteiger charge is 2.02. The molecule has 0 radical (unpaired) electrons. The lowest BCUT2D eigenvalue weighted by Gasteiger charge is -2.04. The summed E-state index contributed by atoms with van der Waals surface area (Å²) in [4.78, 5) is 0. The number of hydrogen-bond acceptors (Lipinski definition) is 1. The molecule has 0 aromatic rings. The van der Waals surface area contributed by atoms with Gasteiger partial charge in [0.2, 0.25) is 0 Å². The molecule has 0 unspecified atom stereocenters. The van der Waals surface area contributed by atoms with E-state index in [1.165, 1.54) is 6.08 Å². The maximum Gasteiger partial charge on any atom is 0.164 e. The van der Waals surface area contributed by atoms with Gasteiger partial charge in [-0.25, -0.2) is 4.39 Å². The van der Waals surface area contributed by atoms with E-state index in [4.69, 9.17) is 4.74 Å². The van der Waals surface area contributed by atoms with Crippen LogP contribution in [-0.4, -0.2) is 6.61 Å². The van der Waals surface area contributed by atoms with Crippen molar-refractivity contribution in [1.82, 2.24) is 0 Å². The van der Waals surface area contributed by atoms with Crippen molar-refractivity contribution in [3.8, 4) is 0 Å². The van der Waals surface area contributed by atoms with Crippen LogP contribution in [0.25, 0.3) is 0 Å². The Kier molecular flexibility index (Phi) is 5.09. The summed E-state index contributed by atoms with van der Waals surface area (Å²) in [5, 5.41) is 0. The largest absolute Gasteiger partial charge is 0.491 e. The van der Waals surface area contributed by atoms with E-state index in [2.05, 4.69) is 6.58 Å².